The molecule has 2 rings (SSSR count). The van der Waals surface area contributed by atoms with Gasteiger partial charge in [-0.2, -0.15) is 0 Å². The fraction of sp³-hybridized carbons (Fsp3) is 0.538. The number of aromatic nitrogens is 3. The maximum Gasteiger partial charge on any atom is 0.160 e. The minimum atomic E-state index is 0.393. The third-order valence-corrected chi connectivity index (χ3v) is 3.67. The molecule has 2 aromatic rings. The van der Waals surface area contributed by atoms with Gasteiger partial charge in [-0.15, -0.1) is 11.6 Å². The van der Waals surface area contributed by atoms with E-state index in [-0.39, 0.29) is 0 Å². The minimum Gasteiger partial charge on any atom is -0.311 e. The Kier molecular flexibility index (Phi) is 4.66. The monoisotopic (exact) mass is 300 g/mol. The van der Waals surface area contributed by atoms with Crippen LogP contribution in [-0.2, 0) is 13.0 Å². The average Bonchev–Trinajstić information content (AvgIpc) is 2.67. The zero-order chi connectivity index (χ0) is 14.0. The van der Waals surface area contributed by atoms with E-state index in [2.05, 4.69) is 40.5 Å². The summed E-state index contributed by atoms with van der Waals surface area (Å²) in [6.45, 7) is 3.01. The molecule has 0 saturated carbocycles. The smallest absolute Gasteiger partial charge is 0.160 e. The van der Waals surface area contributed by atoms with E-state index >= 15 is 0 Å². The van der Waals surface area contributed by atoms with E-state index in [1.807, 2.05) is 6.07 Å². The van der Waals surface area contributed by atoms with Gasteiger partial charge in [0, 0.05) is 31.1 Å². The Labute approximate surface area is 123 Å². The highest BCUT2D eigenvalue weighted by molar-refractivity contribution is 6.31. The van der Waals surface area contributed by atoms with Crippen molar-refractivity contribution in [2.45, 2.75) is 25.9 Å². The highest BCUT2D eigenvalue weighted by Gasteiger charge is 2.15. The van der Waals surface area contributed by atoms with E-state index in [1.165, 1.54) is 0 Å². The van der Waals surface area contributed by atoms with Gasteiger partial charge in [0.25, 0.3) is 0 Å². The fourth-order valence-corrected chi connectivity index (χ4v) is 2.25. The number of hydrogen-bond donors (Lipinski definition) is 0. The molecule has 0 spiro atoms. The highest BCUT2D eigenvalue weighted by Crippen LogP contribution is 2.19. The summed E-state index contributed by atoms with van der Waals surface area (Å²) >= 11 is 11.8. The van der Waals surface area contributed by atoms with Gasteiger partial charge >= 0.3 is 0 Å². The molecular formula is C13H18Cl2N4. The summed E-state index contributed by atoms with van der Waals surface area (Å²) in [7, 11) is 4.13. The molecule has 0 aromatic carbocycles. The molecule has 4 nitrogen and oxygen atoms in total. The molecule has 0 amide bonds. The Hall–Kier alpha value is -0.840. The summed E-state index contributed by atoms with van der Waals surface area (Å²) in [6, 6.07) is 2.24. The molecule has 1 atom stereocenters. The van der Waals surface area contributed by atoms with Gasteiger partial charge in [-0.05, 0) is 27.1 Å². The molecule has 2 aromatic heterocycles. The van der Waals surface area contributed by atoms with Crippen LogP contribution in [0.15, 0.2) is 12.3 Å². The summed E-state index contributed by atoms with van der Waals surface area (Å²) in [5, 5.41) is 0.607. The van der Waals surface area contributed by atoms with Crippen molar-refractivity contribution in [3.05, 3.63) is 23.1 Å². The van der Waals surface area contributed by atoms with Crippen molar-refractivity contribution in [3.8, 4) is 0 Å². The van der Waals surface area contributed by atoms with Crippen LogP contribution in [0.1, 0.15) is 12.7 Å². The van der Waals surface area contributed by atoms with Crippen LogP contribution in [0, 0.1) is 0 Å². The summed E-state index contributed by atoms with van der Waals surface area (Å²) in [5.74, 6) is 1.52. The molecule has 6 heteroatoms. The molecule has 0 saturated heterocycles. The van der Waals surface area contributed by atoms with E-state index in [0.29, 0.717) is 16.9 Å². The van der Waals surface area contributed by atoms with Gasteiger partial charge in [0.1, 0.15) is 11.3 Å². The first-order valence-electron chi connectivity index (χ1n) is 6.26. The van der Waals surface area contributed by atoms with Crippen LogP contribution in [0.2, 0.25) is 5.02 Å². The number of pyridine rings is 1. The second-order valence-corrected chi connectivity index (χ2v) is 5.70. The number of nitrogens with zero attached hydrogens (tertiary/aromatic N) is 4. The van der Waals surface area contributed by atoms with Gasteiger partial charge in [0.2, 0.25) is 0 Å². The normalized spacial score (nSPS) is 13.4. The zero-order valence-electron chi connectivity index (χ0n) is 11.4. The molecule has 0 aliphatic heterocycles. The van der Waals surface area contributed by atoms with Crippen LogP contribution in [0.25, 0.3) is 11.2 Å². The predicted molar refractivity (Wildman–Crippen MR) is 80.1 cm³/mol. The van der Waals surface area contributed by atoms with Crippen LogP contribution in [0.3, 0.4) is 0 Å². The lowest BCUT2D eigenvalue weighted by molar-refractivity contribution is 0.283. The van der Waals surface area contributed by atoms with Crippen molar-refractivity contribution in [1.29, 1.82) is 0 Å². The first-order chi connectivity index (χ1) is 9.02. The molecule has 0 fully saturated rings. The summed E-state index contributed by atoms with van der Waals surface area (Å²) in [4.78, 5) is 11.2. The number of aryl methyl sites for hydroxylation is 1. The van der Waals surface area contributed by atoms with E-state index in [1.54, 1.807) is 6.20 Å². The van der Waals surface area contributed by atoms with E-state index in [0.717, 1.165) is 30.0 Å². The average molecular weight is 301 g/mol. The predicted octanol–water partition coefficient (Wildman–Crippen LogP) is 2.82. The summed E-state index contributed by atoms with van der Waals surface area (Å²) in [5.41, 5.74) is 1.71. The molecule has 1 unspecified atom stereocenters. The lowest BCUT2D eigenvalue weighted by Crippen LogP contribution is -2.30. The van der Waals surface area contributed by atoms with E-state index in [4.69, 9.17) is 23.2 Å². The lowest BCUT2D eigenvalue weighted by atomic mass is 10.3. The molecule has 19 heavy (non-hydrogen) atoms. The molecule has 0 N–H and O–H groups in total. The summed E-state index contributed by atoms with van der Waals surface area (Å²) < 4.78 is 2.14. The first-order valence-corrected chi connectivity index (χ1v) is 7.17. The molecule has 2 heterocycles. The standard InChI is InChI=1S/C13H18Cl2N4/c1-9(18(2)3)8-19-12(4-5-14)17-11-6-10(15)7-16-13(11)19/h6-7,9H,4-5,8H2,1-3H3. The Bertz CT molecular complexity index is 565. The number of halogens is 2. The Morgan fingerprint density at radius 1 is 1.42 bits per heavy atom. The van der Waals surface area contributed by atoms with E-state index in [9.17, 15) is 0 Å². The van der Waals surface area contributed by atoms with Gasteiger partial charge in [-0.25, -0.2) is 9.97 Å². The Balaban J connectivity index is 2.45. The number of likely N-dealkylation sites (N-methyl/N-ethyl adjacent to an activating group) is 1. The SMILES string of the molecule is CC(Cn1c(CCCl)nc2cc(Cl)cnc21)N(C)C. The molecule has 104 valence electrons. The van der Waals surface area contributed by atoms with Crippen molar-refractivity contribution >= 4 is 34.4 Å². The number of rotatable bonds is 5. The Morgan fingerprint density at radius 2 is 2.16 bits per heavy atom. The molecule has 0 bridgehead atoms. The second kappa shape index (κ2) is 6.07. The van der Waals surface area contributed by atoms with Gasteiger partial charge in [-0.3, -0.25) is 0 Å². The van der Waals surface area contributed by atoms with Crippen molar-refractivity contribution in [2.24, 2.45) is 0 Å². The maximum atomic E-state index is 5.97. The van der Waals surface area contributed by atoms with Crippen LogP contribution < -0.4 is 0 Å². The van der Waals surface area contributed by atoms with Crippen LogP contribution >= 0.6 is 23.2 Å². The molecule has 0 aliphatic rings. The van der Waals surface area contributed by atoms with Gasteiger partial charge in [-0.1, -0.05) is 11.6 Å². The number of alkyl halides is 1. The first kappa shape index (κ1) is 14.6. The van der Waals surface area contributed by atoms with Crippen molar-refractivity contribution in [1.82, 2.24) is 19.4 Å². The van der Waals surface area contributed by atoms with Crippen LogP contribution in [0.5, 0.6) is 0 Å². The van der Waals surface area contributed by atoms with E-state index < -0.39 is 0 Å². The third kappa shape index (κ3) is 3.19. The van der Waals surface area contributed by atoms with Gasteiger partial charge in [0.05, 0.1) is 5.02 Å². The minimum absolute atomic E-state index is 0.393. The highest BCUT2D eigenvalue weighted by atomic mass is 35.5. The van der Waals surface area contributed by atoms with Crippen molar-refractivity contribution < 1.29 is 0 Å². The zero-order valence-corrected chi connectivity index (χ0v) is 12.9. The number of imidazole rings is 1. The van der Waals surface area contributed by atoms with Crippen molar-refractivity contribution in [3.63, 3.8) is 0 Å². The van der Waals surface area contributed by atoms with Crippen LogP contribution in [0.4, 0.5) is 0 Å². The second-order valence-electron chi connectivity index (χ2n) is 4.89. The number of hydrogen-bond acceptors (Lipinski definition) is 3. The van der Waals surface area contributed by atoms with Gasteiger partial charge in [0.15, 0.2) is 5.65 Å². The Morgan fingerprint density at radius 3 is 2.79 bits per heavy atom. The van der Waals surface area contributed by atoms with Crippen LogP contribution in [-0.4, -0.2) is 45.5 Å². The van der Waals surface area contributed by atoms with Crippen molar-refractivity contribution in [2.75, 3.05) is 20.0 Å². The third-order valence-electron chi connectivity index (χ3n) is 3.28. The fourth-order valence-electron chi connectivity index (χ4n) is 1.93. The lowest BCUT2D eigenvalue weighted by Gasteiger charge is -2.21. The molecule has 0 aliphatic carbocycles. The number of fused-ring (bicyclic) bond motifs is 1. The maximum absolute atomic E-state index is 5.97. The molecule has 0 radical (unpaired) electrons. The largest absolute Gasteiger partial charge is 0.311 e. The molecular weight excluding hydrogens is 283 g/mol. The quantitative estimate of drug-likeness (QED) is 0.796. The summed E-state index contributed by atoms with van der Waals surface area (Å²) in [6.07, 6.45) is 2.39. The topological polar surface area (TPSA) is 34.0 Å². The van der Waals surface area contributed by atoms with Gasteiger partial charge < -0.3 is 9.47 Å².